The van der Waals surface area contributed by atoms with Crippen LogP contribution in [0.1, 0.15) is 60.3 Å². The van der Waals surface area contributed by atoms with E-state index in [0.717, 1.165) is 44.6 Å². The second kappa shape index (κ2) is 10.3. The normalized spacial score (nSPS) is 24.5. The summed E-state index contributed by atoms with van der Waals surface area (Å²) in [7, 11) is 0. The number of aromatic nitrogens is 1. The number of carbonyl (C=O) groups excluding carboxylic acids is 2. The van der Waals surface area contributed by atoms with Crippen LogP contribution in [0.15, 0.2) is 42.6 Å². The first-order valence-electron chi connectivity index (χ1n) is 13.5. The van der Waals surface area contributed by atoms with Gasteiger partial charge in [0.05, 0.1) is 11.0 Å². The lowest BCUT2D eigenvalue weighted by Crippen LogP contribution is -2.52. The van der Waals surface area contributed by atoms with E-state index in [1.54, 1.807) is 4.90 Å². The molecule has 38 heavy (non-hydrogen) atoms. The molecule has 2 atom stereocenters. The van der Waals surface area contributed by atoms with Gasteiger partial charge in [-0.15, -0.1) is 0 Å². The Balaban J connectivity index is 1.24. The molecule has 1 saturated heterocycles. The van der Waals surface area contributed by atoms with Crippen LogP contribution in [0.25, 0.3) is 0 Å². The molecule has 0 bridgehead atoms. The van der Waals surface area contributed by atoms with E-state index in [1.165, 1.54) is 0 Å². The molecule has 1 saturated carbocycles. The van der Waals surface area contributed by atoms with Gasteiger partial charge in [-0.05, 0) is 48.9 Å². The van der Waals surface area contributed by atoms with Crippen LogP contribution < -0.4 is 0 Å². The fourth-order valence-electron chi connectivity index (χ4n) is 6.45. The van der Waals surface area contributed by atoms with Gasteiger partial charge in [0.2, 0.25) is 5.91 Å². The predicted octanol–water partition coefficient (Wildman–Crippen LogP) is 4.64. The third-order valence-electron chi connectivity index (χ3n) is 8.85. The third kappa shape index (κ3) is 5.05. The van der Waals surface area contributed by atoms with Gasteiger partial charge < -0.3 is 9.80 Å². The third-order valence-corrected chi connectivity index (χ3v) is 8.85. The van der Waals surface area contributed by atoms with E-state index in [4.69, 9.17) is 0 Å². The smallest absolute Gasteiger partial charge is 0.337 e. The van der Waals surface area contributed by atoms with E-state index in [9.17, 15) is 22.8 Å². The Labute approximate surface area is 221 Å². The lowest BCUT2D eigenvalue weighted by molar-refractivity contribution is -0.146. The van der Waals surface area contributed by atoms with Crippen LogP contribution >= 0.6 is 0 Å². The van der Waals surface area contributed by atoms with Crippen molar-refractivity contribution in [3.05, 3.63) is 65.0 Å². The molecule has 2 amide bonds. The summed E-state index contributed by atoms with van der Waals surface area (Å²) < 4.78 is 39.8. The average molecular weight is 529 g/mol. The van der Waals surface area contributed by atoms with Crippen LogP contribution in [0.3, 0.4) is 0 Å². The fourth-order valence-corrected chi connectivity index (χ4v) is 6.45. The van der Waals surface area contributed by atoms with Crippen LogP contribution in [0.2, 0.25) is 0 Å². The second-order valence-electron chi connectivity index (χ2n) is 11.2. The van der Waals surface area contributed by atoms with Crippen molar-refractivity contribution in [2.75, 3.05) is 32.7 Å². The summed E-state index contributed by atoms with van der Waals surface area (Å²) in [6.07, 6.45) is -0.695. The first-order chi connectivity index (χ1) is 18.1. The number of pyridine rings is 1. The Morgan fingerprint density at radius 3 is 2.39 bits per heavy atom. The monoisotopic (exact) mass is 528 g/mol. The number of rotatable bonds is 4. The fraction of sp³-hybridized carbons (Fsp3) is 0.552. The number of carbonyl (C=O) groups is 2. The molecule has 0 spiro atoms. The number of hydrogen-bond acceptors (Lipinski definition) is 4. The molecule has 1 aliphatic carbocycles. The lowest BCUT2D eigenvalue weighted by atomic mass is 9.73. The average Bonchev–Trinajstić information content (AvgIpc) is 3.39. The number of hydrogen-bond donors (Lipinski definition) is 0. The van der Waals surface area contributed by atoms with Crippen LogP contribution in [-0.4, -0.2) is 70.3 Å². The second-order valence-corrected chi connectivity index (χ2v) is 11.2. The van der Waals surface area contributed by atoms with Crippen molar-refractivity contribution in [2.45, 2.75) is 58.3 Å². The van der Waals surface area contributed by atoms with Crippen molar-refractivity contribution >= 4 is 11.8 Å². The lowest BCUT2D eigenvalue weighted by Gasteiger charge is -2.41. The number of piperazine rings is 1. The molecule has 1 unspecified atom stereocenters. The SMILES string of the molecule is CC(C)[C@@]1(C(=O)N2CCc3ncc(C(F)(F)F)cc3C2)CCC(N2CCN(C(=O)c3ccccc3)CC2)C1. The molecule has 5 rings (SSSR count). The van der Waals surface area contributed by atoms with E-state index in [2.05, 4.69) is 23.7 Å². The van der Waals surface area contributed by atoms with E-state index in [-0.39, 0.29) is 30.3 Å². The molecule has 1 aromatic carbocycles. The minimum atomic E-state index is -4.46. The number of fused-ring (bicyclic) bond motifs is 1. The molecule has 204 valence electrons. The summed E-state index contributed by atoms with van der Waals surface area (Å²) in [6, 6.07) is 10.7. The zero-order valence-corrected chi connectivity index (χ0v) is 22.0. The van der Waals surface area contributed by atoms with Crippen LogP contribution in [0.5, 0.6) is 0 Å². The van der Waals surface area contributed by atoms with Gasteiger partial charge in [-0.25, -0.2) is 0 Å². The van der Waals surface area contributed by atoms with Crippen molar-refractivity contribution in [3.63, 3.8) is 0 Å². The van der Waals surface area contributed by atoms with Crippen molar-refractivity contribution < 1.29 is 22.8 Å². The van der Waals surface area contributed by atoms with Crippen molar-refractivity contribution in [1.82, 2.24) is 19.7 Å². The molecule has 3 aliphatic rings. The summed E-state index contributed by atoms with van der Waals surface area (Å²) in [4.78, 5) is 36.9. The Morgan fingerprint density at radius 2 is 1.74 bits per heavy atom. The van der Waals surface area contributed by atoms with Gasteiger partial charge >= 0.3 is 6.18 Å². The van der Waals surface area contributed by atoms with Crippen molar-refractivity contribution in [2.24, 2.45) is 11.3 Å². The molecule has 2 aliphatic heterocycles. The predicted molar refractivity (Wildman–Crippen MR) is 137 cm³/mol. The Kier molecular flexibility index (Phi) is 7.24. The van der Waals surface area contributed by atoms with Gasteiger partial charge in [-0.1, -0.05) is 32.0 Å². The number of benzene rings is 1. The van der Waals surface area contributed by atoms with E-state index in [0.29, 0.717) is 42.9 Å². The van der Waals surface area contributed by atoms with Gasteiger partial charge in [-0.3, -0.25) is 19.5 Å². The van der Waals surface area contributed by atoms with Gasteiger partial charge in [0.1, 0.15) is 0 Å². The molecule has 6 nitrogen and oxygen atoms in total. The summed E-state index contributed by atoms with van der Waals surface area (Å²) in [5.74, 6) is 0.217. The zero-order chi connectivity index (χ0) is 27.1. The summed E-state index contributed by atoms with van der Waals surface area (Å²) >= 11 is 0. The summed E-state index contributed by atoms with van der Waals surface area (Å²) in [5.41, 5.74) is 0.538. The highest BCUT2D eigenvalue weighted by molar-refractivity contribution is 5.94. The quantitative estimate of drug-likeness (QED) is 0.581. The van der Waals surface area contributed by atoms with Gasteiger partial charge in [-0.2, -0.15) is 13.2 Å². The Morgan fingerprint density at radius 1 is 1.03 bits per heavy atom. The number of amides is 2. The van der Waals surface area contributed by atoms with E-state index >= 15 is 0 Å². The van der Waals surface area contributed by atoms with Gasteiger partial charge in [0.15, 0.2) is 0 Å². The highest BCUT2D eigenvalue weighted by Crippen LogP contribution is 2.48. The largest absolute Gasteiger partial charge is 0.417 e. The highest BCUT2D eigenvalue weighted by Gasteiger charge is 2.51. The number of halogens is 3. The molecule has 2 aromatic rings. The maximum absolute atomic E-state index is 14.0. The van der Waals surface area contributed by atoms with E-state index < -0.39 is 17.2 Å². The number of nitrogens with zero attached hydrogens (tertiary/aromatic N) is 4. The van der Waals surface area contributed by atoms with Crippen molar-refractivity contribution in [1.29, 1.82) is 0 Å². The Hall–Kier alpha value is -2.94. The van der Waals surface area contributed by atoms with Crippen LogP contribution in [0.4, 0.5) is 13.2 Å². The Bertz CT molecular complexity index is 1180. The van der Waals surface area contributed by atoms with Crippen LogP contribution in [0, 0.1) is 11.3 Å². The molecular formula is C29H35F3N4O2. The molecule has 3 heterocycles. The number of alkyl halides is 3. The zero-order valence-electron chi connectivity index (χ0n) is 22.0. The maximum atomic E-state index is 14.0. The van der Waals surface area contributed by atoms with Gasteiger partial charge in [0.25, 0.3) is 5.91 Å². The first kappa shape index (κ1) is 26.7. The first-order valence-corrected chi connectivity index (χ1v) is 13.5. The molecule has 1 aromatic heterocycles. The van der Waals surface area contributed by atoms with Gasteiger partial charge in [0, 0.05) is 69.2 Å². The maximum Gasteiger partial charge on any atom is 0.417 e. The molecule has 0 radical (unpaired) electrons. The summed E-state index contributed by atoms with van der Waals surface area (Å²) in [6.45, 7) is 7.67. The van der Waals surface area contributed by atoms with E-state index in [1.807, 2.05) is 35.2 Å². The molecule has 9 heteroatoms. The topological polar surface area (TPSA) is 56.8 Å². The standard InChI is InChI=1S/C29H35F3N4O2/c1-20(2)28(27(38)36-11-9-25-22(19-36)16-23(18-33-25)29(30,31)32)10-8-24(17-28)34-12-14-35(15-13-34)26(37)21-6-4-3-5-7-21/h3-7,16,18,20,24H,8-15,17,19H2,1-2H3/t24?,28-/m1/s1. The minimum absolute atomic E-state index is 0.0518. The van der Waals surface area contributed by atoms with Crippen LogP contribution in [-0.2, 0) is 23.9 Å². The highest BCUT2D eigenvalue weighted by atomic mass is 19.4. The molecule has 2 fully saturated rings. The minimum Gasteiger partial charge on any atom is -0.337 e. The molecule has 0 N–H and O–H groups in total. The summed E-state index contributed by atoms with van der Waals surface area (Å²) in [5, 5.41) is 0. The molecular weight excluding hydrogens is 493 g/mol. The van der Waals surface area contributed by atoms with Crippen molar-refractivity contribution in [3.8, 4) is 0 Å².